The summed E-state index contributed by atoms with van der Waals surface area (Å²) < 4.78 is 0. The fraction of sp³-hybridized carbons (Fsp3) is 0.412. The highest BCUT2D eigenvalue weighted by Gasteiger charge is 2.34. The van der Waals surface area contributed by atoms with Gasteiger partial charge in [-0.1, -0.05) is 11.6 Å². The first-order valence-electron chi connectivity index (χ1n) is 7.81. The molecule has 0 spiro atoms. The maximum Gasteiger partial charge on any atom is 0.253 e. The lowest BCUT2D eigenvalue weighted by Crippen LogP contribution is -2.48. The molecule has 2 fully saturated rings. The molecule has 1 aromatic carbocycles. The minimum Gasteiger partial charge on any atom is -0.349 e. The maximum atomic E-state index is 12.7. The summed E-state index contributed by atoms with van der Waals surface area (Å²) in [5.74, 6) is -0.0494. The summed E-state index contributed by atoms with van der Waals surface area (Å²) in [5.41, 5.74) is 1.27. The van der Waals surface area contributed by atoms with E-state index in [4.69, 9.17) is 11.6 Å². The molecule has 2 aliphatic heterocycles. The summed E-state index contributed by atoms with van der Waals surface area (Å²) in [6, 6.07) is 8.64. The Morgan fingerprint density at radius 3 is 2.58 bits per heavy atom. The van der Waals surface area contributed by atoms with Gasteiger partial charge in [0, 0.05) is 29.7 Å². The molecule has 130 valence electrons. The number of rotatable bonds is 2. The first-order chi connectivity index (χ1) is 10.7. The number of carbonyl (C=O) groups excluding carboxylic acids is 1. The van der Waals surface area contributed by atoms with E-state index in [0.29, 0.717) is 28.2 Å². The average molecular weight is 389 g/mol. The van der Waals surface area contributed by atoms with Crippen LogP contribution in [0.1, 0.15) is 36.0 Å². The van der Waals surface area contributed by atoms with Crippen molar-refractivity contribution in [2.45, 2.75) is 43.8 Å². The Kier molecular flexibility index (Phi) is 6.32. The molecule has 2 N–H and O–H groups in total. The monoisotopic (exact) mass is 387 g/mol. The van der Waals surface area contributed by atoms with Gasteiger partial charge >= 0.3 is 0 Å². The van der Waals surface area contributed by atoms with E-state index in [1.54, 1.807) is 18.3 Å². The summed E-state index contributed by atoms with van der Waals surface area (Å²) in [4.78, 5) is 17.0. The molecule has 2 bridgehead atoms. The molecule has 2 unspecified atom stereocenters. The van der Waals surface area contributed by atoms with Crippen LogP contribution < -0.4 is 10.6 Å². The molecule has 1 aromatic heterocycles. The van der Waals surface area contributed by atoms with Crippen molar-refractivity contribution < 1.29 is 4.79 Å². The Labute approximate surface area is 158 Å². The Bertz CT molecular complexity index is 728. The highest BCUT2D eigenvalue weighted by molar-refractivity contribution is 6.36. The van der Waals surface area contributed by atoms with Crippen molar-refractivity contribution in [1.29, 1.82) is 0 Å². The van der Waals surface area contributed by atoms with E-state index < -0.39 is 0 Å². The van der Waals surface area contributed by atoms with E-state index in [-0.39, 0.29) is 36.8 Å². The van der Waals surface area contributed by atoms with Crippen molar-refractivity contribution in [3.63, 3.8) is 0 Å². The van der Waals surface area contributed by atoms with E-state index in [9.17, 15) is 4.79 Å². The Balaban J connectivity index is 0.00000104. The lowest BCUT2D eigenvalue weighted by molar-refractivity contribution is 0.0925. The smallest absolute Gasteiger partial charge is 0.253 e. The number of nitrogens with zero attached hydrogens (tertiary/aromatic N) is 1. The summed E-state index contributed by atoms with van der Waals surface area (Å²) >= 11 is 6.19. The van der Waals surface area contributed by atoms with Crippen LogP contribution in [0.25, 0.3) is 10.9 Å². The van der Waals surface area contributed by atoms with E-state index in [1.807, 2.05) is 12.1 Å². The highest BCUT2D eigenvalue weighted by atomic mass is 35.5. The highest BCUT2D eigenvalue weighted by Crippen LogP contribution is 2.28. The van der Waals surface area contributed by atoms with Gasteiger partial charge in [0.05, 0.1) is 16.1 Å². The zero-order valence-corrected chi connectivity index (χ0v) is 15.4. The minimum absolute atomic E-state index is 0. The van der Waals surface area contributed by atoms with Gasteiger partial charge in [0.1, 0.15) is 0 Å². The van der Waals surface area contributed by atoms with Crippen LogP contribution in [-0.4, -0.2) is 29.0 Å². The van der Waals surface area contributed by atoms with Gasteiger partial charge in [-0.15, -0.1) is 24.8 Å². The van der Waals surface area contributed by atoms with Crippen molar-refractivity contribution >= 4 is 53.2 Å². The maximum absolute atomic E-state index is 12.7. The van der Waals surface area contributed by atoms with Crippen LogP contribution in [0.3, 0.4) is 0 Å². The molecule has 7 heteroatoms. The summed E-state index contributed by atoms with van der Waals surface area (Å²) in [6.45, 7) is 0. The summed E-state index contributed by atoms with van der Waals surface area (Å²) in [6.07, 6.45) is 6.17. The van der Waals surface area contributed by atoms with Crippen LogP contribution in [0.15, 0.2) is 30.5 Å². The molecule has 1 amide bonds. The second kappa shape index (κ2) is 7.87. The zero-order chi connectivity index (χ0) is 15.1. The molecule has 0 radical (unpaired) electrons. The summed E-state index contributed by atoms with van der Waals surface area (Å²) in [7, 11) is 0. The van der Waals surface area contributed by atoms with Gasteiger partial charge in [0.15, 0.2) is 0 Å². The molecule has 2 aliphatic rings. The molecular formula is C17H20Cl3N3O. The van der Waals surface area contributed by atoms with Crippen LogP contribution in [0.2, 0.25) is 5.02 Å². The van der Waals surface area contributed by atoms with Crippen molar-refractivity contribution in [3.8, 4) is 0 Å². The number of carbonyl (C=O) groups is 1. The van der Waals surface area contributed by atoms with Crippen molar-refractivity contribution in [3.05, 3.63) is 41.0 Å². The molecule has 0 saturated carbocycles. The Morgan fingerprint density at radius 2 is 1.88 bits per heavy atom. The summed E-state index contributed by atoms with van der Waals surface area (Å²) in [5, 5.41) is 8.22. The number of benzene rings is 1. The Hall–Kier alpha value is -1.07. The molecule has 24 heavy (non-hydrogen) atoms. The van der Waals surface area contributed by atoms with Crippen LogP contribution in [-0.2, 0) is 0 Å². The third-order valence-electron chi connectivity index (χ3n) is 4.77. The van der Waals surface area contributed by atoms with Gasteiger partial charge in [-0.3, -0.25) is 9.78 Å². The van der Waals surface area contributed by atoms with Crippen molar-refractivity contribution in [1.82, 2.24) is 15.6 Å². The fourth-order valence-electron chi connectivity index (χ4n) is 3.76. The van der Waals surface area contributed by atoms with Crippen LogP contribution >= 0.6 is 36.4 Å². The minimum atomic E-state index is -0.0494. The number of nitrogens with one attached hydrogen (secondary N) is 2. The first kappa shape index (κ1) is 19.3. The van der Waals surface area contributed by atoms with E-state index >= 15 is 0 Å². The third kappa shape index (κ3) is 3.62. The van der Waals surface area contributed by atoms with Gasteiger partial charge in [-0.05, 0) is 49.9 Å². The number of pyridine rings is 1. The van der Waals surface area contributed by atoms with Gasteiger partial charge in [-0.25, -0.2) is 0 Å². The third-order valence-corrected chi connectivity index (χ3v) is 5.10. The number of aromatic nitrogens is 1. The number of hydrogen-bond acceptors (Lipinski definition) is 3. The van der Waals surface area contributed by atoms with Gasteiger partial charge < -0.3 is 10.6 Å². The lowest BCUT2D eigenvalue weighted by atomic mass is 9.99. The molecule has 4 nitrogen and oxygen atoms in total. The fourth-order valence-corrected chi connectivity index (χ4v) is 3.97. The number of fused-ring (bicyclic) bond motifs is 3. The number of amides is 1. The van der Waals surface area contributed by atoms with E-state index in [1.165, 1.54) is 12.8 Å². The molecule has 2 aromatic rings. The lowest BCUT2D eigenvalue weighted by Gasteiger charge is -2.29. The zero-order valence-electron chi connectivity index (χ0n) is 13.0. The van der Waals surface area contributed by atoms with E-state index in [2.05, 4.69) is 15.6 Å². The molecule has 2 atom stereocenters. The topological polar surface area (TPSA) is 54.0 Å². The first-order valence-corrected chi connectivity index (χ1v) is 8.18. The standard InChI is InChI=1S/C17H18ClN3O.2ClH/c18-15-6-5-14(16-13(15)2-1-7-19-16)17(22)21-12-8-10-3-4-11(9-12)20-10;;/h1-2,5-7,10-12,20H,3-4,8-9H2,(H,21,22);2*1H. The van der Waals surface area contributed by atoms with Gasteiger partial charge in [-0.2, -0.15) is 0 Å². The SMILES string of the molecule is Cl.Cl.O=C(NC1CC2CCC(C1)N2)c1ccc(Cl)c2cccnc12. The van der Waals surface area contributed by atoms with Crippen molar-refractivity contribution in [2.24, 2.45) is 0 Å². The second-order valence-corrected chi connectivity index (χ2v) is 6.68. The van der Waals surface area contributed by atoms with Crippen molar-refractivity contribution in [2.75, 3.05) is 0 Å². The Morgan fingerprint density at radius 1 is 1.17 bits per heavy atom. The number of halogens is 3. The normalized spacial score (nSPS) is 24.8. The average Bonchev–Trinajstić information content (AvgIpc) is 2.86. The molecule has 4 rings (SSSR count). The molecule has 2 saturated heterocycles. The largest absolute Gasteiger partial charge is 0.349 e. The van der Waals surface area contributed by atoms with Gasteiger partial charge in [0.25, 0.3) is 5.91 Å². The number of piperidine rings is 1. The van der Waals surface area contributed by atoms with E-state index in [0.717, 1.165) is 18.2 Å². The van der Waals surface area contributed by atoms with Gasteiger partial charge in [0.2, 0.25) is 0 Å². The van der Waals surface area contributed by atoms with Crippen LogP contribution in [0.5, 0.6) is 0 Å². The molecule has 3 heterocycles. The molecular weight excluding hydrogens is 369 g/mol. The second-order valence-electron chi connectivity index (χ2n) is 6.27. The predicted molar refractivity (Wildman–Crippen MR) is 102 cm³/mol. The quantitative estimate of drug-likeness (QED) is 0.824. The predicted octanol–water partition coefficient (Wildman–Crippen LogP) is 3.74. The van der Waals surface area contributed by atoms with Crippen LogP contribution in [0.4, 0.5) is 0 Å². The number of hydrogen-bond donors (Lipinski definition) is 2. The molecule has 0 aliphatic carbocycles. The van der Waals surface area contributed by atoms with Crippen LogP contribution in [0, 0.1) is 0 Å².